The molecule has 50 valence electrons. The van der Waals surface area contributed by atoms with E-state index in [0.717, 1.165) is 6.42 Å². The van der Waals surface area contributed by atoms with E-state index >= 15 is 0 Å². The molecule has 0 unspecified atom stereocenters. The van der Waals surface area contributed by atoms with Crippen LogP contribution in [-0.2, 0) is 4.79 Å². The van der Waals surface area contributed by atoms with Crippen LogP contribution in [0.25, 0.3) is 0 Å². The number of Topliss-reactive ketones (excluding diaryl/α,β-unsaturated/α-hetero) is 1. The molecule has 0 radical (unpaired) electrons. The highest BCUT2D eigenvalue weighted by molar-refractivity contribution is 5.80. The molecule has 0 aliphatic rings. The minimum Gasteiger partial charge on any atom is -0.324 e. The summed E-state index contributed by atoms with van der Waals surface area (Å²) in [6.45, 7) is 0.143. The van der Waals surface area contributed by atoms with Crippen LogP contribution in [0, 0.1) is 12.3 Å². The molecule has 0 saturated heterocycles. The lowest BCUT2D eigenvalue weighted by atomic mass is 10.2. The summed E-state index contributed by atoms with van der Waals surface area (Å²) in [6, 6.07) is 0. The number of ketones is 1. The first-order valence-corrected chi connectivity index (χ1v) is 2.96. The molecule has 2 N–H and O–H groups in total. The standard InChI is InChI=1S/C7H11NO/c1-2-3-4-5-7(9)6-8/h1H,3-6,8H2. The first-order chi connectivity index (χ1) is 4.31. The van der Waals surface area contributed by atoms with Crippen molar-refractivity contribution in [3.05, 3.63) is 0 Å². The van der Waals surface area contributed by atoms with E-state index in [0.29, 0.717) is 12.8 Å². The second-order valence-electron chi connectivity index (χ2n) is 1.80. The highest BCUT2D eigenvalue weighted by atomic mass is 16.1. The van der Waals surface area contributed by atoms with E-state index in [4.69, 9.17) is 12.2 Å². The fourth-order valence-electron chi connectivity index (χ4n) is 0.490. The summed E-state index contributed by atoms with van der Waals surface area (Å²) in [6.07, 6.45) is 6.93. The minimum atomic E-state index is 0.0882. The van der Waals surface area contributed by atoms with Crippen molar-refractivity contribution in [2.75, 3.05) is 6.54 Å². The Hall–Kier alpha value is -0.810. The van der Waals surface area contributed by atoms with Crippen molar-refractivity contribution < 1.29 is 4.79 Å². The number of terminal acetylenes is 1. The van der Waals surface area contributed by atoms with E-state index in [1.807, 2.05) is 0 Å². The third-order valence-electron chi connectivity index (χ3n) is 1.00. The molecular formula is C7H11NO. The maximum Gasteiger partial charge on any atom is 0.146 e. The molecule has 0 atom stereocenters. The molecule has 0 rings (SSSR count). The molecule has 0 aromatic heterocycles. The maximum absolute atomic E-state index is 10.5. The van der Waals surface area contributed by atoms with E-state index in [2.05, 4.69) is 5.92 Å². The van der Waals surface area contributed by atoms with Gasteiger partial charge in [0.25, 0.3) is 0 Å². The Morgan fingerprint density at radius 3 is 2.78 bits per heavy atom. The predicted molar refractivity (Wildman–Crippen MR) is 36.7 cm³/mol. The number of unbranched alkanes of at least 4 members (excludes halogenated alkanes) is 1. The van der Waals surface area contributed by atoms with Gasteiger partial charge in [-0.2, -0.15) is 0 Å². The first-order valence-electron chi connectivity index (χ1n) is 2.96. The SMILES string of the molecule is C#CCCCC(=O)CN. The Morgan fingerprint density at radius 2 is 2.33 bits per heavy atom. The van der Waals surface area contributed by atoms with Crippen LogP contribution in [0.1, 0.15) is 19.3 Å². The molecule has 2 nitrogen and oxygen atoms in total. The lowest BCUT2D eigenvalue weighted by Crippen LogP contribution is -2.12. The van der Waals surface area contributed by atoms with Crippen molar-refractivity contribution in [3.8, 4) is 12.3 Å². The number of carbonyl (C=O) groups excluding carboxylic acids is 1. The summed E-state index contributed by atoms with van der Waals surface area (Å²) < 4.78 is 0. The van der Waals surface area contributed by atoms with Gasteiger partial charge in [0, 0.05) is 12.8 Å². The molecule has 0 spiro atoms. The zero-order valence-electron chi connectivity index (χ0n) is 5.39. The molecule has 0 heterocycles. The van der Waals surface area contributed by atoms with Crippen molar-refractivity contribution in [1.29, 1.82) is 0 Å². The zero-order chi connectivity index (χ0) is 7.11. The molecule has 0 aliphatic carbocycles. The fourth-order valence-corrected chi connectivity index (χ4v) is 0.490. The van der Waals surface area contributed by atoms with Gasteiger partial charge < -0.3 is 5.73 Å². The van der Waals surface area contributed by atoms with Gasteiger partial charge >= 0.3 is 0 Å². The molecule has 0 aliphatic heterocycles. The van der Waals surface area contributed by atoms with Crippen LogP contribution in [-0.4, -0.2) is 12.3 Å². The molecule has 0 bridgehead atoms. The van der Waals surface area contributed by atoms with Crippen LogP contribution in [0.3, 0.4) is 0 Å². The van der Waals surface area contributed by atoms with E-state index in [9.17, 15) is 4.79 Å². The third-order valence-corrected chi connectivity index (χ3v) is 1.00. The van der Waals surface area contributed by atoms with E-state index in [1.165, 1.54) is 0 Å². The minimum absolute atomic E-state index is 0.0882. The van der Waals surface area contributed by atoms with Gasteiger partial charge in [-0.25, -0.2) is 0 Å². The predicted octanol–water partition coefficient (Wildman–Crippen LogP) is 0.318. The van der Waals surface area contributed by atoms with Crippen LogP contribution in [0.15, 0.2) is 0 Å². The van der Waals surface area contributed by atoms with Crippen LogP contribution in [0.5, 0.6) is 0 Å². The van der Waals surface area contributed by atoms with Crippen LogP contribution in [0.4, 0.5) is 0 Å². The number of carbonyl (C=O) groups is 1. The molecule has 9 heavy (non-hydrogen) atoms. The van der Waals surface area contributed by atoms with Crippen molar-refractivity contribution in [2.24, 2.45) is 5.73 Å². The van der Waals surface area contributed by atoms with Gasteiger partial charge in [-0.05, 0) is 6.42 Å². The van der Waals surface area contributed by atoms with Crippen LogP contribution in [0.2, 0.25) is 0 Å². The summed E-state index contributed by atoms with van der Waals surface area (Å²) in [4.78, 5) is 10.5. The second-order valence-corrected chi connectivity index (χ2v) is 1.80. The lowest BCUT2D eigenvalue weighted by molar-refractivity contribution is -0.117. The summed E-state index contributed by atoms with van der Waals surface area (Å²) in [5.41, 5.74) is 5.05. The number of nitrogens with two attached hydrogens (primary N) is 1. The number of hydrogen-bond donors (Lipinski definition) is 1. The van der Waals surface area contributed by atoms with Crippen molar-refractivity contribution >= 4 is 5.78 Å². The molecular weight excluding hydrogens is 114 g/mol. The van der Waals surface area contributed by atoms with Crippen molar-refractivity contribution in [3.63, 3.8) is 0 Å². The average Bonchev–Trinajstić information content (AvgIpc) is 1.89. The quantitative estimate of drug-likeness (QED) is 0.434. The average molecular weight is 125 g/mol. The molecule has 0 aromatic carbocycles. The zero-order valence-corrected chi connectivity index (χ0v) is 5.39. The molecule has 0 saturated carbocycles. The van der Waals surface area contributed by atoms with Gasteiger partial charge in [-0.15, -0.1) is 12.3 Å². The summed E-state index contributed by atoms with van der Waals surface area (Å²) in [5.74, 6) is 2.54. The maximum atomic E-state index is 10.5. The highest BCUT2D eigenvalue weighted by Gasteiger charge is 1.94. The Kier molecular flexibility index (Phi) is 4.85. The molecule has 2 heteroatoms. The van der Waals surface area contributed by atoms with Crippen LogP contribution < -0.4 is 5.73 Å². The topological polar surface area (TPSA) is 43.1 Å². The summed E-state index contributed by atoms with van der Waals surface area (Å²) in [5, 5.41) is 0. The van der Waals surface area contributed by atoms with Crippen molar-refractivity contribution in [2.45, 2.75) is 19.3 Å². The van der Waals surface area contributed by atoms with Gasteiger partial charge in [-0.1, -0.05) is 0 Å². The van der Waals surface area contributed by atoms with Gasteiger partial charge in [0.1, 0.15) is 5.78 Å². The Balaban J connectivity index is 3.09. The third kappa shape index (κ3) is 5.05. The first kappa shape index (κ1) is 8.19. The molecule has 0 aromatic rings. The number of rotatable bonds is 4. The summed E-state index contributed by atoms with van der Waals surface area (Å²) in [7, 11) is 0. The summed E-state index contributed by atoms with van der Waals surface area (Å²) >= 11 is 0. The van der Waals surface area contributed by atoms with E-state index in [-0.39, 0.29) is 12.3 Å². The van der Waals surface area contributed by atoms with Crippen LogP contribution >= 0.6 is 0 Å². The van der Waals surface area contributed by atoms with Gasteiger partial charge in [0.05, 0.1) is 6.54 Å². The van der Waals surface area contributed by atoms with Crippen molar-refractivity contribution in [1.82, 2.24) is 0 Å². The highest BCUT2D eigenvalue weighted by Crippen LogP contribution is 1.92. The normalized spacial score (nSPS) is 8.44. The second kappa shape index (κ2) is 5.33. The molecule has 0 amide bonds. The van der Waals surface area contributed by atoms with E-state index < -0.39 is 0 Å². The molecule has 0 fully saturated rings. The fraction of sp³-hybridized carbons (Fsp3) is 0.571. The Bertz CT molecular complexity index is 123. The van der Waals surface area contributed by atoms with Gasteiger partial charge in [0.15, 0.2) is 0 Å². The largest absolute Gasteiger partial charge is 0.324 e. The smallest absolute Gasteiger partial charge is 0.146 e. The monoisotopic (exact) mass is 125 g/mol. The van der Waals surface area contributed by atoms with Gasteiger partial charge in [-0.3, -0.25) is 4.79 Å². The Labute approximate surface area is 55.4 Å². The van der Waals surface area contributed by atoms with E-state index in [1.54, 1.807) is 0 Å². The lowest BCUT2D eigenvalue weighted by Gasteiger charge is -1.91. The Morgan fingerprint density at radius 1 is 1.67 bits per heavy atom. The number of hydrogen-bond acceptors (Lipinski definition) is 2. The van der Waals surface area contributed by atoms with Gasteiger partial charge in [0.2, 0.25) is 0 Å².